The van der Waals surface area contributed by atoms with Crippen molar-refractivity contribution in [1.82, 2.24) is 4.90 Å². The summed E-state index contributed by atoms with van der Waals surface area (Å²) < 4.78 is 0. The summed E-state index contributed by atoms with van der Waals surface area (Å²) in [5, 5.41) is 9.30. The molecule has 2 aliphatic rings. The Labute approximate surface area is 108 Å². The van der Waals surface area contributed by atoms with Crippen molar-refractivity contribution in [3.8, 4) is 0 Å². The van der Waals surface area contributed by atoms with E-state index in [2.05, 4.69) is 13.8 Å². The number of carboxylic acids is 1. The van der Waals surface area contributed by atoms with Crippen LogP contribution in [0.1, 0.15) is 40.5 Å². The molecule has 4 unspecified atom stereocenters. The fourth-order valence-electron chi connectivity index (χ4n) is 3.26. The van der Waals surface area contributed by atoms with Gasteiger partial charge in [0.2, 0.25) is 5.91 Å². The van der Waals surface area contributed by atoms with Crippen LogP contribution in [0, 0.1) is 23.2 Å². The molecule has 1 aliphatic carbocycles. The highest BCUT2D eigenvalue weighted by atomic mass is 16.4. The summed E-state index contributed by atoms with van der Waals surface area (Å²) in [4.78, 5) is 25.2. The third-order valence-corrected chi connectivity index (χ3v) is 4.86. The summed E-state index contributed by atoms with van der Waals surface area (Å²) >= 11 is 0. The molecular weight excluding hydrogens is 230 g/mol. The van der Waals surface area contributed by atoms with E-state index in [0.29, 0.717) is 17.8 Å². The summed E-state index contributed by atoms with van der Waals surface area (Å²) in [6.45, 7) is 8.87. The Morgan fingerprint density at radius 2 is 2.00 bits per heavy atom. The number of hydrogen-bond donors (Lipinski definition) is 1. The molecule has 102 valence electrons. The normalized spacial score (nSPS) is 38.7. The van der Waals surface area contributed by atoms with E-state index in [1.165, 1.54) is 0 Å². The van der Waals surface area contributed by atoms with Gasteiger partial charge in [-0.3, -0.25) is 9.59 Å². The average Bonchev–Trinajstić information content (AvgIpc) is 2.79. The summed E-state index contributed by atoms with van der Waals surface area (Å²) in [7, 11) is 0. The second-order valence-electron chi connectivity index (χ2n) is 6.72. The van der Waals surface area contributed by atoms with E-state index in [4.69, 9.17) is 0 Å². The van der Waals surface area contributed by atoms with E-state index in [0.717, 1.165) is 13.0 Å². The third kappa shape index (κ3) is 2.25. The van der Waals surface area contributed by atoms with Crippen LogP contribution in [-0.4, -0.2) is 34.5 Å². The Morgan fingerprint density at radius 3 is 2.44 bits per heavy atom. The van der Waals surface area contributed by atoms with Crippen molar-refractivity contribution in [2.24, 2.45) is 23.2 Å². The van der Waals surface area contributed by atoms with Crippen molar-refractivity contribution in [1.29, 1.82) is 0 Å². The SMILES string of the molecule is CC1CC(=O)N(CC2CC2(C)C)C(C)C1C(=O)O. The Hall–Kier alpha value is -1.06. The quantitative estimate of drug-likeness (QED) is 0.836. The fraction of sp³-hybridized carbons (Fsp3) is 0.857. The van der Waals surface area contributed by atoms with Crippen LogP contribution < -0.4 is 0 Å². The minimum Gasteiger partial charge on any atom is -0.481 e. The monoisotopic (exact) mass is 253 g/mol. The highest BCUT2D eigenvalue weighted by Crippen LogP contribution is 2.52. The van der Waals surface area contributed by atoms with Crippen LogP contribution in [-0.2, 0) is 9.59 Å². The van der Waals surface area contributed by atoms with Crippen molar-refractivity contribution >= 4 is 11.9 Å². The molecule has 0 spiro atoms. The van der Waals surface area contributed by atoms with Crippen LogP contribution in [0.25, 0.3) is 0 Å². The van der Waals surface area contributed by atoms with E-state index in [9.17, 15) is 14.7 Å². The molecule has 1 heterocycles. The zero-order valence-electron chi connectivity index (χ0n) is 11.6. The second kappa shape index (κ2) is 4.25. The highest BCUT2D eigenvalue weighted by Gasteiger charge is 2.49. The summed E-state index contributed by atoms with van der Waals surface area (Å²) in [5.41, 5.74) is 0.321. The molecule has 1 saturated carbocycles. The number of aliphatic carboxylic acids is 1. The van der Waals surface area contributed by atoms with E-state index in [-0.39, 0.29) is 17.9 Å². The van der Waals surface area contributed by atoms with Gasteiger partial charge in [0.25, 0.3) is 0 Å². The van der Waals surface area contributed by atoms with Gasteiger partial charge in [-0.25, -0.2) is 0 Å². The lowest BCUT2D eigenvalue weighted by Gasteiger charge is -2.41. The van der Waals surface area contributed by atoms with Gasteiger partial charge in [-0.05, 0) is 30.6 Å². The summed E-state index contributed by atoms with van der Waals surface area (Å²) in [5.74, 6) is -0.609. The van der Waals surface area contributed by atoms with Gasteiger partial charge in [-0.1, -0.05) is 20.8 Å². The smallest absolute Gasteiger partial charge is 0.308 e. The standard InChI is InChI=1S/C14H23NO3/c1-8-5-11(16)15(7-10-6-14(10,3)4)9(2)12(8)13(17)18/h8-10,12H,5-7H2,1-4H3,(H,17,18). The van der Waals surface area contributed by atoms with Crippen molar-refractivity contribution in [3.63, 3.8) is 0 Å². The molecule has 18 heavy (non-hydrogen) atoms. The minimum atomic E-state index is -0.775. The molecule has 2 fully saturated rings. The van der Waals surface area contributed by atoms with Crippen molar-refractivity contribution in [2.75, 3.05) is 6.54 Å². The fourth-order valence-corrected chi connectivity index (χ4v) is 3.26. The maximum absolute atomic E-state index is 12.1. The molecule has 4 atom stereocenters. The van der Waals surface area contributed by atoms with E-state index < -0.39 is 11.9 Å². The molecule has 0 bridgehead atoms. The molecule has 0 aromatic carbocycles. The van der Waals surface area contributed by atoms with Gasteiger partial charge in [-0.15, -0.1) is 0 Å². The molecule has 1 saturated heterocycles. The number of hydrogen-bond acceptors (Lipinski definition) is 2. The predicted octanol–water partition coefficient (Wildman–Crippen LogP) is 1.99. The minimum absolute atomic E-state index is 0.0616. The van der Waals surface area contributed by atoms with Crippen LogP contribution in [0.4, 0.5) is 0 Å². The first-order valence-electron chi connectivity index (χ1n) is 6.76. The van der Waals surface area contributed by atoms with Crippen molar-refractivity contribution < 1.29 is 14.7 Å². The maximum Gasteiger partial charge on any atom is 0.308 e. The number of likely N-dealkylation sites (tertiary alicyclic amines) is 1. The van der Waals surface area contributed by atoms with Gasteiger partial charge in [0, 0.05) is 19.0 Å². The first kappa shape index (κ1) is 13.4. The number of amides is 1. The van der Waals surface area contributed by atoms with Gasteiger partial charge >= 0.3 is 5.97 Å². The maximum atomic E-state index is 12.1. The molecule has 0 aromatic heterocycles. The lowest BCUT2D eigenvalue weighted by molar-refractivity contribution is -0.154. The lowest BCUT2D eigenvalue weighted by atomic mass is 9.81. The predicted molar refractivity (Wildman–Crippen MR) is 68.0 cm³/mol. The van der Waals surface area contributed by atoms with Crippen LogP contribution >= 0.6 is 0 Å². The van der Waals surface area contributed by atoms with Crippen LogP contribution in [0.2, 0.25) is 0 Å². The molecule has 2 rings (SSSR count). The zero-order valence-corrected chi connectivity index (χ0v) is 11.6. The van der Waals surface area contributed by atoms with E-state index >= 15 is 0 Å². The van der Waals surface area contributed by atoms with Crippen molar-refractivity contribution in [2.45, 2.75) is 46.6 Å². The first-order valence-corrected chi connectivity index (χ1v) is 6.76. The van der Waals surface area contributed by atoms with Gasteiger partial charge in [0.05, 0.1) is 5.92 Å². The Bertz CT molecular complexity index is 377. The Kier molecular flexibility index (Phi) is 3.16. The Morgan fingerprint density at radius 1 is 1.44 bits per heavy atom. The second-order valence-corrected chi connectivity index (χ2v) is 6.72. The lowest BCUT2D eigenvalue weighted by Crippen LogP contribution is -2.53. The van der Waals surface area contributed by atoms with E-state index in [1.54, 1.807) is 4.90 Å². The molecule has 0 radical (unpaired) electrons. The van der Waals surface area contributed by atoms with Crippen LogP contribution in [0.3, 0.4) is 0 Å². The number of nitrogens with zero attached hydrogens (tertiary/aromatic N) is 1. The van der Waals surface area contributed by atoms with Gasteiger partial charge in [-0.2, -0.15) is 0 Å². The topological polar surface area (TPSA) is 57.6 Å². The Balaban J connectivity index is 2.09. The van der Waals surface area contributed by atoms with Crippen molar-refractivity contribution in [3.05, 3.63) is 0 Å². The summed E-state index contributed by atoms with van der Waals surface area (Å²) in [6, 6.07) is -0.185. The zero-order chi connectivity index (χ0) is 13.7. The molecule has 1 aliphatic heterocycles. The van der Waals surface area contributed by atoms with E-state index in [1.807, 2.05) is 13.8 Å². The molecule has 1 amide bonds. The molecule has 4 heteroatoms. The summed E-state index contributed by atoms with van der Waals surface area (Å²) in [6.07, 6.45) is 1.51. The molecular formula is C14H23NO3. The number of carbonyl (C=O) groups excluding carboxylic acids is 1. The first-order chi connectivity index (χ1) is 8.24. The highest BCUT2D eigenvalue weighted by molar-refractivity contribution is 5.81. The van der Waals surface area contributed by atoms with Gasteiger partial charge < -0.3 is 10.0 Å². The van der Waals surface area contributed by atoms with Gasteiger partial charge in [0.15, 0.2) is 0 Å². The van der Waals surface area contributed by atoms with Gasteiger partial charge in [0.1, 0.15) is 0 Å². The third-order valence-electron chi connectivity index (χ3n) is 4.86. The largest absolute Gasteiger partial charge is 0.481 e. The number of carbonyl (C=O) groups is 2. The molecule has 4 nitrogen and oxygen atoms in total. The molecule has 0 aromatic rings. The van der Waals surface area contributed by atoms with Crippen LogP contribution in [0.15, 0.2) is 0 Å². The molecule has 1 N–H and O–H groups in total. The number of piperidine rings is 1. The number of carboxylic acid groups (broad SMARTS) is 1. The number of rotatable bonds is 3. The van der Waals surface area contributed by atoms with Crippen LogP contribution in [0.5, 0.6) is 0 Å². The average molecular weight is 253 g/mol.